The minimum atomic E-state index is -5.19. The van der Waals surface area contributed by atoms with Crippen LogP contribution < -0.4 is 17.2 Å². The number of aromatic nitrogens is 2. The fourth-order valence-electron chi connectivity index (χ4n) is 2.66. The molecule has 0 bridgehead atoms. The second-order valence-corrected chi connectivity index (χ2v) is 7.62. The van der Waals surface area contributed by atoms with Crippen molar-refractivity contribution in [2.24, 2.45) is 5.73 Å². The molecule has 8 N–H and O–H groups in total. The Bertz CT molecular complexity index is 855. The summed E-state index contributed by atoms with van der Waals surface area (Å²) in [5.41, 5.74) is 10.0. The second kappa shape index (κ2) is 8.34. The maximum atomic E-state index is 12.2. The Morgan fingerprint density at radius 1 is 1.46 bits per heavy atom. The summed E-state index contributed by atoms with van der Waals surface area (Å²) in [5, 5.41) is 18.8. The molecule has 1 unspecified atom stereocenters. The number of ether oxygens (including phenoxy) is 1. The van der Waals surface area contributed by atoms with Gasteiger partial charge >= 0.3 is 19.4 Å². The third-order valence-electron chi connectivity index (χ3n) is 4.00. The molecule has 1 aliphatic heterocycles. The van der Waals surface area contributed by atoms with Gasteiger partial charge in [-0.05, 0) is 6.07 Å². The third-order valence-corrected chi connectivity index (χ3v) is 4.99. The number of carbonyl (C=O) groups is 2. The Balaban J connectivity index is 2.18. The van der Waals surface area contributed by atoms with E-state index in [1.54, 1.807) is 0 Å². The molecule has 0 aromatic carbocycles. The SMILES string of the molecule is Nc1ccn([C@H]2CC(O)[C@@H](CN(C(=O)[C@@H](N)CC(=O)O)P(=O)(O)O)O2)c(=O)n1. The van der Waals surface area contributed by atoms with Crippen molar-refractivity contribution in [1.82, 2.24) is 14.2 Å². The smallest absolute Gasteiger partial charge is 0.432 e. The highest BCUT2D eigenvalue weighted by atomic mass is 31.2. The Morgan fingerprint density at radius 2 is 2.11 bits per heavy atom. The number of hydrogen-bond acceptors (Lipinski definition) is 9. The van der Waals surface area contributed by atoms with Crippen molar-refractivity contribution in [2.75, 3.05) is 12.3 Å². The maximum absolute atomic E-state index is 12.2. The maximum Gasteiger partial charge on any atom is 0.432 e. The van der Waals surface area contributed by atoms with E-state index in [1.807, 2.05) is 0 Å². The van der Waals surface area contributed by atoms with Gasteiger partial charge in [0.15, 0.2) is 0 Å². The molecule has 2 heterocycles. The van der Waals surface area contributed by atoms with Gasteiger partial charge in [-0.3, -0.25) is 14.2 Å². The number of anilines is 1. The molecule has 1 aromatic rings. The van der Waals surface area contributed by atoms with Crippen LogP contribution in [0.1, 0.15) is 19.1 Å². The lowest BCUT2D eigenvalue weighted by Gasteiger charge is -2.28. The number of carbonyl (C=O) groups excluding carboxylic acids is 1. The van der Waals surface area contributed by atoms with Gasteiger partial charge in [-0.1, -0.05) is 0 Å². The van der Waals surface area contributed by atoms with Crippen molar-refractivity contribution < 1.29 is 38.9 Å². The average molecular weight is 421 g/mol. The number of carboxylic acids is 1. The average Bonchev–Trinajstić information content (AvgIpc) is 2.90. The molecule has 2 rings (SSSR count). The second-order valence-electron chi connectivity index (χ2n) is 6.11. The number of amides is 1. The highest BCUT2D eigenvalue weighted by molar-refractivity contribution is 7.49. The van der Waals surface area contributed by atoms with Gasteiger partial charge in [0.25, 0.3) is 0 Å². The zero-order chi connectivity index (χ0) is 21.2. The quantitative estimate of drug-likeness (QED) is 0.245. The number of hydrogen-bond donors (Lipinski definition) is 6. The van der Waals surface area contributed by atoms with Crippen LogP contribution in [0.2, 0.25) is 0 Å². The first-order chi connectivity index (χ1) is 12.9. The molecule has 0 aliphatic carbocycles. The normalized spacial score (nSPS) is 23.4. The summed E-state index contributed by atoms with van der Waals surface area (Å²) in [6.07, 6.45) is -3.27. The van der Waals surface area contributed by atoms with Crippen LogP contribution in [0, 0.1) is 0 Å². The van der Waals surface area contributed by atoms with E-state index < -0.39 is 62.8 Å². The number of rotatable bonds is 7. The Morgan fingerprint density at radius 3 is 2.64 bits per heavy atom. The van der Waals surface area contributed by atoms with Crippen LogP contribution in [0.15, 0.2) is 17.1 Å². The topological polar surface area (TPSA) is 232 Å². The summed E-state index contributed by atoms with van der Waals surface area (Å²) >= 11 is 0. The van der Waals surface area contributed by atoms with Gasteiger partial charge < -0.3 is 36.2 Å². The first-order valence-corrected chi connectivity index (χ1v) is 9.49. The lowest BCUT2D eigenvalue weighted by atomic mass is 10.1. The first kappa shape index (κ1) is 21.9. The predicted molar refractivity (Wildman–Crippen MR) is 91.4 cm³/mol. The van der Waals surface area contributed by atoms with E-state index in [2.05, 4.69) is 4.98 Å². The Labute approximate surface area is 157 Å². The van der Waals surface area contributed by atoms with Gasteiger partial charge in [-0.15, -0.1) is 0 Å². The zero-order valence-electron chi connectivity index (χ0n) is 14.4. The van der Waals surface area contributed by atoms with E-state index in [9.17, 15) is 33.8 Å². The standard InChI is InChI=1S/C13H20N5O9P/c14-6(3-11(20)21)12(22)18(28(24,25)26)5-8-7(19)4-10(27-8)17-2-1-9(15)16-13(17)23/h1-2,6-8,10,19H,3-5,14H2,(H,20,21)(H2,15,16,23)(H2,24,25,26)/t6-,7?,8+,10+/m0/s1. The van der Waals surface area contributed by atoms with Gasteiger partial charge in [0.1, 0.15) is 18.1 Å². The van der Waals surface area contributed by atoms with Crippen molar-refractivity contribution in [2.45, 2.75) is 37.3 Å². The van der Waals surface area contributed by atoms with Crippen LogP contribution in [0.4, 0.5) is 5.82 Å². The summed E-state index contributed by atoms with van der Waals surface area (Å²) in [6.45, 7) is -0.773. The summed E-state index contributed by atoms with van der Waals surface area (Å²) in [6, 6.07) is -0.385. The fraction of sp³-hybridized carbons (Fsp3) is 0.538. The highest BCUT2D eigenvalue weighted by Gasteiger charge is 2.42. The largest absolute Gasteiger partial charge is 0.481 e. The van der Waals surface area contributed by atoms with E-state index in [0.717, 1.165) is 4.57 Å². The molecule has 1 aliphatic rings. The van der Waals surface area contributed by atoms with Crippen LogP contribution in [0.5, 0.6) is 0 Å². The number of aliphatic carboxylic acids is 1. The summed E-state index contributed by atoms with van der Waals surface area (Å²) < 4.78 is 18.2. The van der Waals surface area contributed by atoms with E-state index >= 15 is 0 Å². The molecule has 0 radical (unpaired) electrons. The molecule has 1 fully saturated rings. The van der Waals surface area contributed by atoms with Crippen molar-refractivity contribution in [3.63, 3.8) is 0 Å². The van der Waals surface area contributed by atoms with E-state index in [4.69, 9.17) is 21.3 Å². The zero-order valence-corrected chi connectivity index (χ0v) is 15.3. The van der Waals surface area contributed by atoms with Crippen LogP contribution in [-0.4, -0.2) is 70.9 Å². The number of nitrogens with zero attached hydrogens (tertiary/aromatic N) is 3. The van der Waals surface area contributed by atoms with Crippen molar-refractivity contribution >= 4 is 25.4 Å². The number of aliphatic hydroxyl groups is 1. The molecule has 0 spiro atoms. The molecule has 156 valence electrons. The summed E-state index contributed by atoms with van der Waals surface area (Å²) in [7, 11) is -5.19. The summed E-state index contributed by atoms with van der Waals surface area (Å²) in [4.78, 5) is 57.1. The molecule has 14 nitrogen and oxygen atoms in total. The monoisotopic (exact) mass is 421 g/mol. The van der Waals surface area contributed by atoms with Gasteiger partial charge in [-0.25, -0.2) is 14.0 Å². The van der Waals surface area contributed by atoms with Gasteiger partial charge in [-0.2, -0.15) is 4.98 Å². The molecule has 4 atom stereocenters. The molecule has 1 saturated heterocycles. The van der Waals surface area contributed by atoms with Crippen LogP contribution in [0.3, 0.4) is 0 Å². The number of nitrogen functional groups attached to an aromatic ring is 1. The number of aliphatic hydroxyl groups excluding tert-OH is 1. The lowest BCUT2D eigenvalue weighted by Crippen LogP contribution is -2.47. The third kappa shape index (κ3) is 5.13. The molecule has 1 aromatic heterocycles. The Kier molecular flexibility index (Phi) is 6.54. The van der Waals surface area contributed by atoms with Crippen LogP contribution >= 0.6 is 7.75 Å². The number of carboxylic acid groups (broad SMARTS) is 1. The van der Waals surface area contributed by atoms with Crippen molar-refractivity contribution in [3.8, 4) is 0 Å². The number of nitrogens with two attached hydrogens (primary N) is 2. The van der Waals surface area contributed by atoms with Gasteiger partial charge in [0, 0.05) is 12.6 Å². The molecule has 28 heavy (non-hydrogen) atoms. The molecule has 1 amide bonds. The fourth-order valence-corrected chi connectivity index (χ4v) is 3.44. The minimum Gasteiger partial charge on any atom is -0.481 e. The molecular formula is C13H20N5O9P. The van der Waals surface area contributed by atoms with E-state index in [-0.39, 0.29) is 16.9 Å². The minimum absolute atomic E-state index is 0.0259. The lowest BCUT2D eigenvalue weighted by molar-refractivity contribution is -0.141. The van der Waals surface area contributed by atoms with E-state index in [1.165, 1.54) is 12.3 Å². The van der Waals surface area contributed by atoms with Crippen LogP contribution in [-0.2, 0) is 18.9 Å². The Hall–Kier alpha value is -2.35. The molecule has 0 saturated carbocycles. The first-order valence-electron chi connectivity index (χ1n) is 7.93. The van der Waals surface area contributed by atoms with Gasteiger partial charge in [0.2, 0.25) is 5.91 Å². The van der Waals surface area contributed by atoms with Crippen LogP contribution in [0.25, 0.3) is 0 Å². The highest BCUT2D eigenvalue weighted by Crippen LogP contribution is 2.42. The van der Waals surface area contributed by atoms with Gasteiger partial charge in [0.05, 0.1) is 25.1 Å². The van der Waals surface area contributed by atoms with Crippen molar-refractivity contribution in [1.29, 1.82) is 0 Å². The predicted octanol–water partition coefficient (Wildman–Crippen LogP) is -2.80. The van der Waals surface area contributed by atoms with E-state index in [0.29, 0.717) is 0 Å². The summed E-state index contributed by atoms with van der Waals surface area (Å²) in [5.74, 6) is -2.78. The molecular weight excluding hydrogens is 401 g/mol. The molecule has 15 heteroatoms. The van der Waals surface area contributed by atoms with Crippen molar-refractivity contribution in [3.05, 3.63) is 22.7 Å².